The van der Waals surface area contributed by atoms with Crippen molar-refractivity contribution in [1.29, 1.82) is 0 Å². The van der Waals surface area contributed by atoms with Gasteiger partial charge < -0.3 is 9.15 Å². The summed E-state index contributed by atoms with van der Waals surface area (Å²) in [5.74, 6) is 0.216. The largest absolute Gasteiger partial charge is 0.460 e. The summed E-state index contributed by atoms with van der Waals surface area (Å²) in [6, 6.07) is 7.75. The maximum Gasteiger partial charge on any atom is 0.376 e. The monoisotopic (exact) mass is 371 g/mol. The van der Waals surface area contributed by atoms with E-state index in [1.165, 1.54) is 0 Å². The Morgan fingerprint density at radius 3 is 2.74 bits per heavy atom. The van der Waals surface area contributed by atoms with Gasteiger partial charge in [0.2, 0.25) is 11.7 Å². The molecule has 100 valence electrons. The van der Waals surface area contributed by atoms with E-state index in [-0.39, 0.29) is 5.76 Å². The van der Waals surface area contributed by atoms with Crippen molar-refractivity contribution in [1.82, 2.24) is 4.98 Å². The molecule has 0 spiro atoms. The summed E-state index contributed by atoms with van der Waals surface area (Å²) in [6.45, 7) is 4.02. The van der Waals surface area contributed by atoms with Crippen molar-refractivity contribution in [3.63, 3.8) is 0 Å². The van der Waals surface area contributed by atoms with Gasteiger partial charge in [0.15, 0.2) is 0 Å². The number of aromatic nitrogens is 1. The number of ether oxygens (including phenoxy) is 1. The molecule has 0 aliphatic carbocycles. The summed E-state index contributed by atoms with van der Waals surface area (Å²) in [7, 11) is 0. The lowest BCUT2D eigenvalue weighted by Crippen LogP contribution is -2.05. The molecule has 2 aromatic rings. The standard InChI is InChI=1S/C14H14INO3/c1-3-11-12(14(17)18-4-2)19-13(16-11)9-7-5-6-8-10(9)15/h5-8H,3-4H2,1-2H3. The van der Waals surface area contributed by atoms with E-state index < -0.39 is 5.97 Å². The molecule has 4 nitrogen and oxygen atoms in total. The van der Waals surface area contributed by atoms with Crippen molar-refractivity contribution >= 4 is 28.6 Å². The van der Waals surface area contributed by atoms with Crippen LogP contribution in [0.2, 0.25) is 0 Å². The quantitative estimate of drug-likeness (QED) is 0.608. The smallest absolute Gasteiger partial charge is 0.376 e. The predicted octanol–water partition coefficient (Wildman–Crippen LogP) is 3.69. The zero-order valence-corrected chi connectivity index (χ0v) is 12.9. The van der Waals surface area contributed by atoms with Crippen LogP contribution in [0.3, 0.4) is 0 Å². The molecular formula is C14H14INO3. The minimum atomic E-state index is -0.455. The van der Waals surface area contributed by atoms with Crippen molar-refractivity contribution in [3.8, 4) is 11.5 Å². The fourth-order valence-corrected chi connectivity index (χ4v) is 2.32. The summed E-state index contributed by atoms with van der Waals surface area (Å²) >= 11 is 2.21. The van der Waals surface area contributed by atoms with Crippen LogP contribution in [0.5, 0.6) is 0 Å². The van der Waals surface area contributed by atoms with Crippen molar-refractivity contribution in [2.75, 3.05) is 6.61 Å². The number of benzene rings is 1. The highest BCUT2D eigenvalue weighted by Crippen LogP contribution is 2.27. The van der Waals surface area contributed by atoms with Gasteiger partial charge in [0.25, 0.3) is 0 Å². The van der Waals surface area contributed by atoms with Gasteiger partial charge in [-0.3, -0.25) is 0 Å². The third kappa shape index (κ3) is 2.97. The van der Waals surface area contributed by atoms with E-state index in [0.717, 1.165) is 9.13 Å². The fourth-order valence-electron chi connectivity index (χ4n) is 1.70. The average Bonchev–Trinajstić information content (AvgIpc) is 2.83. The summed E-state index contributed by atoms with van der Waals surface area (Å²) in [4.78, 5) is 16.2. The molecule has 2 rings (SSSR count). The van der Waals surface area contributed by atoms with Crippen LogP contribution in [-0.4, -0.2) is 17.6 Å². The Bertz CT molecular complexity index is 592. The van der Waals surface area contributed by atoms with E-state index in [0.29, 0.717) is 24.6 Å². The van der Waals surface area contributed by atoms with E-state index >= 15 is 0 Å². The van der Waals surface area contributed by atoms with Gasteiger partial charge in [-0.15, -0.1) is 0 Å². The molecule has 1 aromatic carbocycles. The van der Waals surface area contributed by atoms with Crippen molar-refractivity contribution in [3.05, 3.63) is 39.3 Å². The van der Waals surface area contributed by atoms with E-state index in [1.807, 2.05) is 31.2 Å². The number of hydrogen-bond acceptors (Lipinski definition) is 4. The molecule has 0 aliphatic rings. The summed E-state index contributed by atoms with van der Waals surface area (Å²) in [5, 5.41) is 0. The molecule has 0 radical (unpaired) electrons. The Morgan fingerprint density at radius 1 is 1.37 bits per heavy atom. The number of esters is 1. The van der Waals surface area contributed by atoms with Crippen LogP contribution in [-0.2, 0) is 11.2 Å². The lowest BCUT2D eigenvalue weighted by molar-refractivity contribution is 0.0489. The first kappa shape index (κ1) is 14.0. The number of carbonyl (C=O) groups is 1. The fraction of sp³-hybridized carbons (Fsp3) is 0.286. The lowest BCUT2D eigenvalue weighted by atomic mass is 10.2. The molecule has 0 N–H and O–H groups in total. The summed E-state index contributed by atoms with van der Waals surface area (Å²) < 4.78 is 11.6. The summed E-state index contributed by atoms with van der Waals surface area (Å²) in [6.07, 6.45) is 0.626. The van der Waals surface area contributed by atoms with Gasteiger partial charge in [-0.2, -0.15) is 0 Å². The Labute approximate surface area is 125 Å². The predicted molar refractivity (Wildman–Crippen MR) is 80.0 cm³/mol. The molecule has 1 aromatic heterocycles. The number of oxazole rings is 1. The first-order valence-electron chi connectivity index (χ1n) is 6.09. The Balaban J connectivity index is 2.44. The molecule has 0 fully saturated rings. The second kappa shape index (κ2) is 6.18. The molecule has 0 saturated carbocycles. The number of nitrogens with zero attached hydrogens (tertiary/aromatic N) is 1. The van der Waals surface area contributed by atoms with Crippen LogP contribution < -0.4 is 0 Å². The zero-order chi connectivity index (χ0) is 13.8. The first-order chi connectivity index (χ1) is 9.17. The van der Waals surface area contributed by atoms with E-state index in [2.05, 4.69) is 27.6 Å². The maximum absolute atomic E-state index is 11.8. The molecule has 0 aliphatic heterocycles. The van der Waals surface area contributed by atoms with E-state index in [1.54, 1.807) is 6.92 Å². The van der Waals surface area contributed by atoms with Crippen LogP contribution in [0.4, 0.5) is 0 Å². The molecule has 19 heavy (non-hydrogen) atoms. The van der Waals surface area contributed by atoms with Crippen LogP contribution in [0.1, 0.15) is 30.1 Å². The molecule has 5 heteroatoms. The molecule has 0 atom stereocenters. The van der Waals surface area contributed by atoms with Crippen molar-refractivity contribution in [2.45, 2.75) is 20.3 Å². The normalized spacial score (nSPS) is 10.5. The minimum absolute atomic E-state index is 0.207. The molecule has 0 amide bonds. The number of halogens is 1. The maximum atomic E-state index is 11.8. The van der Waals surface area contributed by atoms with Crippen LogP contribution in [0, 0.1) is 3.57 Å². The van der Waals surface area contributed by atoms with Crippen molar-refractivity contribution in [2.24, 2.45) is 0 Å². The average molecular weight is 371 g/mol. The van der Waals surface area contributed by atoms with Gasteiger partial charge in [-0.25, -0.2) is 9.78 Å². The van der Waals surface area contributed by atoms with E-state index in [9.17, 15) is 4.79 Å². The van der Waals surface area contributed by atoms with Crippen LogP contribution >= 0.6 is 22.6 Å². The number of rotatable bonds is 4. The number of carbonyl (C=O) groups excluding carboxylic acids is 1. The number of aryl methyl sites for hydroxylation is 1. The third-order valence-electron chi connectivity index (χ3n) is 2.60. The van der Waals surface area contributed by atoms with E-state index in [4.69, 9.17) is 9.15 Å². The van der Waals surface area contributed by atoms with Gasteiger partial charge in [-0.1, -0.05) is 19.1 Å². The van der Waals surface area contributed by atoms with Gasteiger partial charge in [0, 0.05) is 3.57 Å². The molecule has 0 bridgehead atoms. The molecule has 0 unspecified atom stereocenters. The Hall–Kier alpha value is -1.37. The molecular weight excluding hydrogens is 357 g/mol. The van der Waals surface area contributed by atoms with Crippen LogP contribution in [0.15, 0.2) is 28.7 Å². The zero-order valence-electron chi connectivity index (χ0n) is 10.8. The molecule has 0 saturated heterocycles. The summed E-state index contributed by atoms with van der Waals surface area (Å²) in [5.41, 5.74) is 1.52. The highest BCUT2D eigenvalue weighted by molar-refractivity contribution is 14.1. The second-order valence-electron chi connectivity index (χ2n) is 3.85. The SMILES string of the molecule is CCOC(=O)c1oc(-c2ccccc2I)nc1CC. The highest BCUT2D eigenvalue weighted by atomic mass is 127. The van der Waals surface area contributed by atoms with Gasteiger partial charge in [0.05, 0.1) is 17.9 Å². The van der Waals surface area contributed by atoms with Gasteiger partial charge in [0.1, 0.15) is 0 Å². The van der Waals surface area contributed by atoms with Crippen LogP contribution in [0.25, 0.3) is 11.5 Å². The number of hydrogen-bond donors (Lipinski definition) is 0. The lowest BCUT2D eigenvalue weighted by Gasteiger charge is -1.99. The van der Waals surface area contributed by atoms with Gasteiger partial charge in [-0.05, 0) is 48.1 Å². The molecule has 1 heterocycles. The Morgan fingerprint density at radius 2 is 2.11 bits per heavy atom. The minimum Gasteiger partial charge on any atom is -0.460 e. The van der Waals surface area contributed by atoms with Gasteiger partial charge >= 0.3 is 5.97 Å². The topological polar surface area (TPSA) is 52.3 Å². The second-order valence-corrected chi connectivity index (χ2v) is 5.01. The Kier molecular flexibility index (Phi) is 4.57. The highest BCUT2D eigenvalue weighted by Gasteiger charge is 2.21. The van der Waals surface area contributed by atoms with Crippen molar-refractivity contribution < 1.29 is 13.9 Å². The third-order valence-corrected chi connectivity index (χ3v) is 3.54. The first-order valence-corrected chi connectivity index (χ1v) is 7.17.